The maximum absolute atomic E-state index is 4.57. The topological polar surface area (TPSA) is 43.2 Å². The molecule has 7 nitrogen and oxygen atoms in total. The van der Waals surface area contributed by atoms with Crippen LogP contribution in [0.1, 0.15) is 51.9 Å². The largest absolute Gasteiger partial charge is 0.505 e. The molecule has 0 unspecified atom stereocenters. The summed E-state index contributed by atoms with van der Waals surface area (Å²) < 4.78 is 2.07. The molecule has 48 heavy (non-hydrogen) atoms. The Hall–Kier alpha value is -4.42. The summed E-state index contributed by atoms with van der Waals surface area (Å²) in [5.74, 6) is 0. The molecule has 0 saturated heterocycles. The summed E-state index contributed by atoms with van der Waals surface area (Å²) in [5.41, 5.74) is 12.3. The van der Waals surface area contributed by atoms with Crippen LogP contribution in [0.4, 0.5) is 11.4 Å². The van der Waals surface area contributed by atoms with Gasteiger partial charge in [0, 0.05) is 54.7 Å². The van der Waals surface area contributed by atoms with Crippen molar-refractivity contribution in [2.24, 2.45) is 0 Å². The molecular weight excluding hydrogens is 681 g/mol. The normalized spacial score (nSPS) is 14.5. The van der Waals surface area contributed by atoms with Crippen LogP contribution in [0.3, 0.4) is 0 Å². The number of aromatic nitrogens is 3. The molecule has 0 aliphatic carbocycles. The zero-order chi connectivity index (χ0) is 32.9. The van der Waals surface area contributed by atoms with Crippen molar-refractivity contribution in [3.05, 3.63) is 151 Å². The molecule has 2 aliphatic rings. The van der Waals surface area contributed by atoms with E-state index in [4.69, 9.17) is 0 Å². The maximum atomic E-state index is 4.57. The molecule has 0 bridgehead atoms. The van der Waals surface area contributed by atoms with Gasteiger partial charge in [0.2, 0.25) is 0 Å². The average molecular weight is 724 g/mol. The van der Waals surface area contributed by atoms with Gasteiger partial charge in [-0.1, -0.05) is 0 Å². The minimum atomic E-state index is 0. The molecule has 0 spiro atoms. The minimum absolute atomic E-state index is 0. The predicted octanol–water partition coefficient (Wildman–Crippen LogP) is 8.56. The van der Waals surface area contributed by atoms with Crippen molar-refractivity contribution >= 4 is 17.0 Å². The van der Waals surface area contributed by atoms with E-state index in [1.165, 1.54) is 22.8 Å². The Balaban J connectivity index is 0.000000212. The summed E-state index contributed by atoms with van der Waals surface area (Å²) in [6.07, 6.45) is 6.03. The maximum Gasteiger partial charge on any atom is 0.120 e. The summed E-state index contributed by atoms with van der Waals surface area (Å²) in [6, 6.07) is 33.9. The third-order valence-electron chi connectivity index (χ3n) is 9.08. The first-order valence-electron chi connectivity index (χ1n) is 16.2. The van der Waals surface area contributed by atoms with E-state index >= 15 is 0 Å². The zero-order valence-electron chi connectivity index (χ0n) is 28.5. The van der Waals surface area contributed by atoms with E-state index in [1.807, 2.05) is 61.7 Å². The van der Waals surface area contributed by atoms with E-state index in [1.54, 1.807) is 6.20 Å². The molecule has 2 aliphatic heterocycles. The number of benzene rings is 3. The molecule has 251 valence electrons. The van der Waals surface area contributed by atoms with E-state index in [2.05, 4.69) is 124 Å². The van der Waals surface area contributed by atoms with Gasteiger partial charge in [-0.3, -0.25) is 4.98 Å². The second-order valence-corrected chi connectivity index (χ2v) is 11.9. The Morgan fingerprint density at radius 3 is 1.65 bits per heavy atom. The van der Waals surface area contributed by atoms with Crippen LogP contribution in [0.2, 0.25) is 0 Å². The molecule has 0 saturated carbocycles. The molecular formula is C40H42N7Rh-5. The van der Waals surface area contributed by atoms with Gasteiger partial charge in [-0.05, 0) is 78.9 Å². The molecule has 0 fully saturated rings. The summed E-state index contributed by atoms with van der Waals surface area (Å²) in [7, 11) is 0. The van der Waals surface area contributed by atoms with Crippen LogP contribution in [0.5, 0.6) is 0 Å². The van der Waals surface area contributed by atoms with E-state index in [-0.39, 0.29) is 19.5 Å². The van der Waals surface area contributed by atoms with E-state index in [0.717, 1.165) is 65.6 Å². The zero-order valence-corrected chi connectivity index (χ0v) is 30.2. The summed E-state index contributed by atoms with van der Waals surface area (Å²) in [4.78, 5) is 18.2. The van der Waals surface area contributed by atoms with Crippen molar-refractivity contribution in [1.29, 1.82) is 0 Å². The number of para-hydroxylation sites is 2. The molecule has 0 atom stereocenters. The molecule has 1 radical (unpaired) electrons. The minimum Gasteiger partial charge on any atom is -0.505 e. The number of hydrogen-bond acceptors (Lipinski definition) is 6. The van der Waals surface area contributed by atoms with Gasteiger partial charge in [0.25, 0.3) is 0 Å². The fourth-order valence-corrected chi connectivity index (χ4v) is 5.90. The molecule has 5 aromatic rings. The SMILES string of the molecule is CC1=C(C)N(c2[c-]cccc2)[CH-]N1CCCCN1[CH-]N(c2[c-]cccc2)C(C)=C1C.Cc1nc2c(-c3[c-]cccc3)nccn2c1C.[Rh]. The number of imidazole rings is 1. The monoisotopic (exact) mass is 723 g/mol. The molecule has 0 amide bonds. The number of unbranched alkanes of at least 4 members (excludes halogenated alkanes) is 1. The van der Waals surface area contributed by atoms with Crippen molar-refractivity contribution in [2.45, 2.75) is 54.4 Å². The quantitative estimate of drug-likeness (QED) is 0.0909. The van der Waals surface area contributed by atoms with Gasteiger partial charge in [-0.25, -0.2) is 4.98 Å². The summed E-state index contributed by atoms with van der Waals surface area (Å²) in [5, 5.41) is 0. The fourth-order valence-electron chi connectivity index (χ4n) is 5.90. The van der Waals surface area contributed by atoms with Gasteiger partial charge in [0.15, 0.2) is 0 Å². The Kier molecular flexibility index (Phi) is 11.4. The number of nitrogens with zero attached hydrogens (tertiary/aromatic N) is 7. The number of allylic oxidation sites excluding steroid dienone is 4. The number of rotatable bonds is 8. The second-order valence-electron chi connectivity index (χ2n) is 11.9. The van der Waals surface area contributed by atoms with Crippen molar-refractivity contribution in [2.75, 3.05) is 22.9 Å². The van der Waals surface area contributed by atoms with Gasteiger partial charge in [0.1, 0.15) is 5.65 Å². The Bertz CT molecular complexity index is 1790. The Labute approximate surface area is 299 Å². The smallest absolute Gasteiger partial charge is 0.120 e. The van der Waals surface area contributed by atoms with Crippen molar-refractivity contribution in [1.82, 2.24) is 24.2 Å². The standard InChI is InChI=1S/C26H30N4.C14H12N3.Rh/c1-21-23(3)29(25-13-7-5-8-14-25)19-27(21)17-11-12-18-28-20-30(24(4)22(28)2)26-15-9-6-10-16-26;1-10-11(2)17-9-8-15-13(14(17)16-10)12-6-4-3-5-7-12;/h5-10,13,15,19-20H,11-12,17-18H2,1-4H3;3-6,8-9H,1-2H3;/q-4;-1;. The van der Waals surface area contributed by atoms with Gasteiger partial charge >= 0.3 is 0 Å². The third-order valence-corrected chi connectivity index (χ3v) is 9.08. The fraction of sp³-hybridized carbons (Fsp3) is 0.250. The molecule has 7 rings (SSSR count). The van der Waals surface area contributed by atoms with E-state index in [0.29, 0.717) is 0 Å². The van der Waals surface area contributed by atoms with Crippen LogP contribution in [-0.4, -0.2) is 37.3 Å². The van der Waals surface area contributed by atoms with Gasteiger partial charge in [0.05, 0.1) is 5.69 Å². The molecule has 0 N–H and O–H groups in total. The average Bonchev–Trinajstić information content (AvgIpc) is 3.69. The van der Waals surface area contributed by atoms with Crippen LogP contribution in [0.25, 0.3) is 16.9 Å². The van der Waals surface area contributed by atoms with Crippen LogP contribution in [-0.2, 0) is 19.5 Å². The van der Waals surface area contributed by atoms with Gasteiger partial charge in [-0.15, -0.1) is 47.3 Å². The number of aryl methyl sites for hydroxylation is 2. The van der Waals surface area contributed by atoms with E-state index in [9.17, 15) is 0 Å². The van der Waals surface area contributed by atoms with Crippen LogP contribution < -0.4 is 9.80 Å². The first-order chi connectivity index (χ1) is 22.8. The number of hydrogen-bond donors (Lipinski definition) is 0. The molecule has 2 aromatic heterocycles. The van der Waals surface area contributed by atoms with Crippen LogP contribution >= 0.6 is 0 Å². The molecule has 3 aromatic carbocycles. The molecule has 8 heteroatoms. The van der Waals surface area contributed by atoms with E-state index < -0.39 is 0 Å². The first kappa shape index (κ1) is 34.9. The summed E-state index contributed by atoms with van der Waals surface area (Å²) in [6.45, 7) is 19.3. The number of anilines is 2. The van der Waals surface area contributed by atoms with Crippen molar-refractivity contribution in [3.63, 3.8) is 0 Å². The number of fused-ring (bicyclic) bond motifs is 1. The predicted molar refractivity (Wildman–Crippen MR) is 190 cm³/mol. The van der Waals surface area contributed by atoms with Crippen LogP contribution in [0.15, 0.2) is 108 Å². The Morgan fingerprint density at radius 1 is 0.646 bits per heavy atom. The van der Waals surface area contributed by atoms with Crippen molar-refractivity contribution < 1.29 is 19.5 Å². The van der Waals surface area contributed by atoms with Gasteiger partial charge in [-0.2, -0.15) is 74.0 Å². The van der Waals surface area contributed by atoms with Crippen molar-refractivity contribution in [3.8, 4) is 11.3 Å². The second kappa shape index (κ2) is 15.7. The third kappa shape index (κ3) is 7.34. The first-order valence-corrected chi connectivity index (χ1v) is 16.2. The summed E-state index contributed by atoms with van der Waals surface area (Å²) >= 11 is 0. The Morgan fingerprint density at radius 2 is 1.17 bits per heavy atom. The van der Waals surface area contributed by atoms with Crippen LogP contribution in [0, 0.1) is 45.4 Å². The molecule has 4 heterocycles. The van der Waals surface area contributed by atoms with Gasteiger partial charge < -0.3 is 24.0 Å².